The van der Waals surface area contributed by atoms with Gasteiger partial charge in [-0.2, -0.15) is 11.8 Å². The Hall–Kier alpha value is -1.19. The van der Waals surface area contributed by atoms with Crippen LogP contribution >= 0.6 is 11.8 Å². The summed E-state index contributed by atoms with van der Waals surface area (Å²) in [6.07, 6.45) is 1.71. The van der Waals surface area contributed by atoms with E-state index in [1.165, 1.54) is 16.7 Å². The lowest BCUT2D eigenvalue weighted by Gasteiger charge is -2.06. The fourth-order valence-electron chi connectivity index (χ4n) is 2.11. The summed E-state index contributed by atoms with van der Waals surface area (Å²) < 4.78 is 5.27. The average molecular weight is 275 g/mol. The van der Waals surface area contributed by atoms with Crippen LogP contribution in [0.5, 0.6) is 0 Å². The van der Waals surface area contributed by atoms with Crippen molar-refractivity contribution >= 4 is 11.8 Å². The molecule has 2 rings (SSSR count). The van der Waals surface area contributed by atoms with E-state index < -0.39 is 0 Å². The Bertz CT molecular complexity index is 473. The molecule has 0 saturated heterocycles. The summed E-state index contributed by atoms with van der Waals surface area (Å²) >= 11 is 1.97. The van der Waals surface area contributed by atoms with E-state index in [9.17, 15) is 0 Å². The zero-order chi connectivity index (χ0) is 13.5. The van der Waals surface area contributed by atoms with Crippen molar-refractivity contribution in [2.75, 3.05) is 12.3 Å². The summed E-state index contributed by atoms with van der Waals surface area (Å²) in [5.74, 6) is 3.21. The van der Waals surface area contributed by atoms with Gasteiger partial charge in [0.2, 0.25) is 0 Å². The van der Waals surface area contributed by atoms with E-state index in [1.54, 1.807) is 6.26 Å². The molecule has 0 amide bonds. The summed E-state index contributed by atoms with van der Waals surface area (Å²) in [6, 6.07) is 10.7. The minimum atomic E-state index is 0.817. The van der Waals surface area contributed by atoms with Gasteiger partial charge in [-0.05, 0) is 31.5 Å². The Morgan fingerprint density at radius 3 is 2.63 bits per heavy atom. The quantitative estimate of drug-likeness (QED) is 0.775. The molecule has 0 aliphatic heterocycles. The van der Waals surface area contributed by atoms with Gasteiger partial charge in [-0.1, -0.05) is 29.3 Å². The maximum absolute atomic E-state index is 5.27. The molecule has 102 valence electrons. The lowest BCUT2D eigenvalue weighted by atomic mass is 10.1. The number of thioether (sulfide) groups is 1. The van der Waals surface area contributed by atoms with Gasteiger partial charge in [-0.15, -0.1) is 0 Å². The van der Waals surface area contributed by atoms with Crippen LogP contribution in [-0.2, 0) is 12.3 Å². The largest absolute Gasteiger partial charge is 0.468 e. The van der Waals surface area contributed by atoms with Crippen LogP contribution in [0.15, 0.2) is 41.0 Å². The summed E-state index contributed by atoms with van der Waals surface area (Å²) in [6.45, 7) is 6.14. The van der Waals surface area contributed by atoms with Gasteiger partial charge < -0.3 is 9.73 Å². The number of nitrogens with one attached hydrogen (secondary N) is 1. The molecule has 0 fully saturated rings. The fraction of sp³-hybridized carbons (Fsp3) is 0.375. The van der Waals surface area contributed by atoms with Crippen molar-refractivity contribution in [1.29, 1.82) is 0 Å². The first-order valence-corrected chi connectivity index (χ1v) is 7.77. The Morgan fingerprint density at radius 1 is 1.16 bits per heavy atom. The maximum atomic E-state index is 5.27. The molecule has 0 atom stereocenters. The molecule has 1 heterocycles. The summed E-state index contributed by atoms with van der Waals surface area (Å²) in [7, 11) is 0. The van der Waals surface area contributed by atoms with E-state index >= 15 is 0 Å². The van der Waals surface area contributed by atoms with Crippen LogP contribution < -0.4 is 5.32 Å². The molecule has 1 N–H and O–H groups in total. The van der Waals surface area contributed by atoms with Gasteiger partial charge in [-0.3, -0.25) is 0 Å². The number of hydrogen-bond acceptors (Lipinski definition) is 3. The van der Waals surface area contributed by atoms with E-state index in [2.05, 4.69) is 37.4 Å². The predicted molar refractivity (Wildman–Crippen MR) is 82.5 cm³/mol. The molecular weight excluding hydrogens is 254 g/mol. The minimum Gasteiger partial charge on any atom is -0.468 e. The van der Waals surface area contributed by atoms with E-state index in [4.69, 9.17) is 4.42 Å². The second-order valence-electron chi connectivity index (χ2n) is 4.80. The summed E-state index contributed by atoms with van der Waals surface area (Å²) in [5, 5.41) is 3.38. The lowest BCUT2D eigenvalue weighted by Crippen LogP contribution is -2.16. The molecule has 0 radical (unpaired) electrons. The van der Waals surface area contributed by atoms with Crippen LogP contribution in [0, 0.1) is 13.8 Å². The predicted octanol–water partition coefficient (Wildman–Crippen LogP) is 3.92. The minimum absolute atomic E-state index is 0.817. The molecule has 1 aromatic carbocycles. The van der Waals surface area contributed by atoms with Gasteiger partial charge in [-0.25, -0.2) is 0 Å². The first-order valence-electron chi connectivity index (χ1n) is 6.62. The van der Waals surface area contributed by atoms with Gasteiger partial charge in [0.15, 0.2) is 0 Å². The average Bonchev–Trinajstić information content (AvgIpc) is 2.85. The molecule has 2 aromatic rings. The molecule has 0 saturated carbocycles. The monoisotopic (exact) mass is 275 g/mol. The lowest BCUT2D eigenvalue weighted by molar-refractivity contribution is 0.488. The van der Waals surface area contributed by atoms with Gasteiger partial charge in [0.05, 0.1) is 12.8 Å². The Kier molecular flexibility index (Phi) is 5.55. The molecule has 2 nitrogen and oxygen atoms in total. The van der Waals surface area contributed by atoms with E-state index in [0.717, 1.165) is 30.4 Å². The summed E-state index contributed by atoms with van der Waals surface area (Å²) in [4.78, 5) is 0. The smallest absolute Gasteiger partial charge is 0.117 e. The topological polar surface area (TPSA) is 25.2 Å². The second kappa shape index (κ2) is 7.41. The number of rotatable bonds is 7. The third kappa shape index (κ3) is 5.13. The second-order valence-corrected chi connectivity index (χ2v) is 5.91. The van der Waals surface area contributed by atoms with Gasteiger partial charge in [0.25, 0.3) is 0 Å². The normalized spacial score (nSPS) is 10.8. The Morgan fingerprint density at radius 2 is 1.95 bits per heavy atom. The van der Waals surface area contributed by atoms with Gasteiger partial charge >= 0.3 is 0 Å². The van der Waals surface area contributed by atoms with Crippen molar-refractivity contribution in [3.05, 3.63) is 59.0 Å². The van der Waals surface area contributed by atoms with Crippen molar-refractivity contribution in [3.8, 4) is 0 Å². The third-order valence-corrected chi connectivity index (χ3v) is 3.88. The number of aryl methyl sites for hydroxylation is 2. The Balaban J connectivity index is 1.61. The first-order chi connectivity index (χ1) is 9.24. The molecule has 0 spiro atoms. The van der Waals surface area contributed by atoms with Gasteiger partial charge in [0, 0.05) is 18.1 Å². The molecule has 0 aliphatic rings. The highest BCUT2D eigenvalue weighted by Crippen LogP contribution is 2.15. The zero-order valence-corrected chi connectivity index (χ0v) is 12.4. The Labute approximate surface area is 119 Å². The van der Waals surface area contributed by atoms with Crippen molar-refractivity contribution < 1.29 is 4.42 Å². The summed E-state index contributed by atoms with van der Waals surface area (Å²) in [5.41, 5.74) is 4.13. The third-order valence-electron chi connectivity index (χ3n) is 2.85. The van der Waals surface area contributed by atoms with E-state index in [0.29, 0.717) is 0 Å². The molecule has 0 unspecified atom stereocenters. The maximum Gasteiger partial charge on any atom is 0.117 e. The van der Waals surface area contributed by atoms with Crippen LogP contribution in [0.25, 0.3) is 0 Å². The van der Waals surface area contributed by atoms with Gasteiger partial charge in [0.1, 0.15) is 5.76 Å². The molecule has 0 aliphatic carbocycles. The highest BCUT2D eigenvalue weighted by molar-refractivity contribution is 7.98. The van der Waals surface area contributed by atoms with Crippen molar-refractivity contribution in [1.82, 2.24) is 5.32 Å². The van der Waals surface area contributed by atoms with E-state index in [1.807, 2.05) is 23.9 Å². The standard InChI is InChI=1S/C16H21NOS/c1-13-8-14(2)10-15(9-13)12-19-7-5-17-11-16-4-3-6-18-16/h3-4,6,8-10,17H,5,7,11-12H2,1-2H3. The van der Waals surface area contributed by atoms with E-state index in [-0.39, 0.29) is 0 Å². The first kappa shape index (κ1) is 14.2. The highest BCUT2D eigenvalue weighted by atomic mass is 32.2. The molecule has 1 aromatic heterocycles. The number of hydrogen-bond donors (Lipinski definition) is 1. The zero-order valence-electron chi connectivity index (χ0n) is 11.6. The van der Waals surface area contributed by atoms with Crippen molar-refractivity contribution in [3.63, 3.8) is 0 Å². The van der Waals surface area contributed by atoms with Crippen LogP contribution in [0.2, 0.25) is 0 Å². The van der Waals surface area contributed by atoms with Crippen LogP contribution in [0.3, 0.4) is 0 Å². The highest BCUT2D eigenvalue weighted by Gasteiger charge is 1.98. The van der Waals surface area contributed by atoms with Crippen LogP contribution in [-0.4, -0.2) is 12.3 Å². The van der Waals surface area contributed by atoms with Crippen LogP contribution in [0.1, 0.15) is 22.5 Å². The van der Waals surface area contributed by atoms with Crippen molar-refractivity contribution in [2.45, 2.75) is 26.1 Å². The molecule has 3 heteroatoms. The molecular formula is C16H21NOS. The fourth-order valence-corrected chi connectivity index (χ4v) is 2.95. The van der Waals surface area contributed by atoms with Crippen molar-refractivity contribution in [2.24, 2.45) is 0 Å². The SMILES string of the molecule is Cc1cc(C)cc(CSCCNCc2ccco2)c1. The molecule has 19 heavy (non-hydrogen) atoms. The molecule has 0 bridgehead atoms. The van der Waals surface area contributed by atoms with Crippen LogP contribution in [0.4, 0.5) is 0 Å². The number of benzene rings is 1. The number of furan rings is 1.